The van der Waals surface area contributed by atoms with Crippen LogP contribution in [0.15, 0.2) is 24.3 Å². The molecule has 146 valence electrons. The van der Waals surface area contributed by atoms with Gasteiger partial charge in [-0.3, -0.25) is 14.4 Å². The fourth-order valence-corrected chi connectivity index (χ4v) is 3.92. The quantitative estimate of drug-likeness (QED) is 0.745. The number of nitrogens with zero attached hydrogens (tertiary/aromatic N) is 2. The molecule has 0 N–H and O–H groups in total. The summed E-state index contributed by atoms with van der Waals surface area (Å²) >= 11 is 0. The number of anilines is 1. The molecule has 2 aliphatic heterocycles. The third-order valence-corrected chi connectivity index (χ3v) is 5.48. The molecule has 6 nitrogen and oxygen atoms in total. The zero-order chi connectivity index (χ0) is 19.4. The Morgan fingerprint density at radius 2 is 1.85 bits per heavy atom. The molecule has 6 heteroatoms. The molecule has 2 atom stereocenters. The third-order valence-electron chi connectivity index (χ3n) is 5.48. The molecule has 0 saturated carbocycles. The van der Waals surface area contributed by atoms with Crippen LogP contribution in [0, 0.1) is 11.8 Å². The van der Waals surface area contributed by atoms with E-state index in [2.05, 4.69) is 6.92 Å². The van der Waals surface area contributed by atoms with Crippen LogP contribution in [0.25, 0.3) is 0 Å². The molecule has 27 heavy (non-hydrogen) atoms. The Morgan fingerprint density at radius 3 is 2.52 bits per heavy atom. The number of hydrogen-bond acceptors (Lipinski definition) is 4. The first kappa shape index (κ1) is 19.4. The number of carbonyl (C=O) groups excluding carboxylic acids is 3. The Kier molecular flexibility index (Phi) is 6.14. The fourth-order valence-electron chi connectivity index (χ4n) is 3.92. The molecular formula is C21H28N2O4. The predicted molar refractivity (Wildman–Crippen MR) is 102 cm³/mol. The lowest BCUT2D eigenvalue weighted by Crippen LogP contribution is -2.45. The average molecular weight is 372 g/mol. The molecule has 0 unspecified atom stereocenters. The summed E-state index contributed by atoms with van der Waals surface area (Å²) in [4.78, 5) is 40.9. The van der Waals surface area contributed by atoms with Crippen LogP contribution in [0.1, 0.15) is 38.7 Å². The van der Waals surface area contributed by atoms with E-state index >= 15 is 0 Å². The summed E-state index contributed by atoms with van der Waals surface area (Å²) in [5, 5.41) is 0. The van der Waals surface area contributed by atoms with Crippen LogP contribution in [-0.4, -0.2) is 48.9 Å². The summed E-state index contributed by atoms with van der Waals surface area (Å²) in [7, 11) is 0. The van der Waals surface area contributed by atoms with Crippen molar-refractivity contribution < 1.29 is 19.1 Å². The molecule has 2 saturated heterocycles. The molecular weight excluding hydrogens is 344 g/mol. The molecule has 0 aliphatic carbocycles. The molecule has 0 radical (unpaired) electrons. The van der Waals surface area contributed by atoms with Gasteiger partial charge < -0.3 is 14.5 Å². The first-order chi connectivity index (χ1) is 13.0. The first-order valence-corrected chi connectivity index (χ1v) is 9.88. The van der Waals surface area contributed by atoms with Crippen molar-refractivity contribution in [2.45, 2.75) is 39.5 Å². The summed E-state index contributed by atoms with van der Waals surface area (Å²) in [6, 6.07) is 7.93. The van der Waals surface area contributed by atoms with Crippen LogP contribution in [-0.2, 0) is 25.5 Å². The first-order valence-electron chi connectivity index (χ1n) is 9.88. The molecule has 2 fully saturated rings. The van der Waals surface area contributed by atoms with E-state index in [1.54, 1.807) is 16.7 Å². The molecule has 0 spiro atoms. The van der Waals surface area contributed by atoms with E-state index in [-0.39, 0.29) is 36.0 Å². The maximum absolute atomic E-state index is 12.9. The van der Waals surface area contributed by atoms with Gasteiger partial charge in [0.25, 0.3) is 0 Å². The van der Waals surface area contributed by atoms with E-state index in [1.807, 2.05) is 24.3 Å². The Labute approximate surface area is 160 Å². The van der Waals surface area contributed by atoms with E-state index < -0.39 is 0 Å². The smallest absolute Gasteiger partial charge is 0.310 e. The number of benzene rings is 1. The van der Waals surface area contributed by atoms with Crippen LogP contribution in [0.4, 0.5) is 5.69 Å². The monoisotopic (exact) mass is 372 g/mol. The van der Waals surface area contributed by atoms with Crippen molar-refractivity contribution in [1.29, 1.82) is 0 Å². The van der Waals surface area contributed by atoms with Gasteiger partial charge >= 0.3 is 5.97 Å². The van der Waals surface area contributed by atoms with Gasteiger partial charge in [0.2, 0.25) is 11.8 Å². The van der Waals surface area contributed by atoms with Gasteiger partial charge in [0.05, 0.1) is 18.4 Å². The number of piperidine rings is 1. The van der Waals surface area contributed by atoms with E-state index in [4.69, 9.17) is 4.74 Å². The fraction of sp³-hybridized carbons (Fsp3) is 0.571. The Balaban J connectivity index is 1.63. The normalized spacial score (nSPS) is 22.8. The van der Waals surface area contributed by atoms with Gasteiger partial charge in [-0.1, -0.05) is 19.1 Å². The van der Waals surface area contributed by atoms with Crippen molar-refractivity contribution in [3.63, 3.8) is 0 Å². The predicted octanol–water partition coefficient (Wildman–Crippen LogP) is 2.40. The maximum Gasteiger partial charge on any atom is 0.310 e. The second kappa shape index (κ2) is 8.55. The Morgan fingerprint density at radius 1 is 1.11 bits per heavy atom. The molecule has 2 amide bonds. The molecule has 3 rings (SSSR count). The van der Waals surface area contributed by atoms with E-state index in [1.165, 1.54) is 5.56 Å². The second-order valence-electron chi connectivity index (χ2n) is 7.30. The van der Waals surface area contributed by atoms with Gasteiger partial charge in [-0.2, -0.15) is 0 Å². The van der Waals surface area contributed by atoms with Gasteiger partial charge in [0, 0.05) is 31.7 Å². The molecule has 2 heterocycles. The van der Waals surface area contributed by atoms with Crippen LogP contribution in [0.3, 0.4) is 0 Å². The highest BCUT2D eigenvalue weighted by molar-refractivity contribution is 6.00. The van der Waals surface area contributed by atoms with Crippen molar-refractivity contribution in [1.82, 2.24) is 4.90 Å². The number of ether oxygens (including phenoxy) is 1. The Hall–Kier alpha value is -2.37. The summed E-state index contributed by atoms with van der Waals surface area (Å²) in [6.45, 7) is 5.68. The molecule has 0 aromatic heterocycles. The average Bonchev–Trinajstić information content (AvgIpc) is 3.09. The number of rotatable bonds is 5. The maximum atomic E-state index is 12.9. The van der Waals surface area contributed by atoms with Crippen LogP contribution in [0.2, 0.25) is 0 Å². The van der Waals surface area contributed by atoms with E-state index in [0.29, 0.717) is 26.2 Å². The van der Waals surface area contributed by atoms with Crippen molar-refractivity contribution in [2.75, 3.05) is 31.1 Å². The summed E-state index contributed by atoms with van der Waals surface area (Å²) in [5.74, 6) is -0.863. The van der Waals surface area contributed by atoms with Crippen LogP contribution in [0.5, 0.6) is 0 Å². The molecule has 2 aliphatic rings. The topological polar surface area (TPSA) is 66.9 Å². The van der Waals surface area contributed by atoms with Gasteiger partial charge in [-0.15, -0.1) is 0 Å². The summed E-state index contributed by atoms with van der Waals surface area (Å²) in [6.07, 6.45) is 2.72. The SMILES string of the molecule is CCOC(=O)[C@H]1CCCN(C(=O)[C@H]2CC(=O)N(c3ccc(CC)cc3)C2)C1. The number of amides is 2. The minimum atomic E-state index is -0.343. The summed E-state index contributed by atoms with van der Waals surface area (Å²) in [5.41, 5.74) is 2.06. The Bertz CT molecular complexity index is 701. The van der Waals surface area contributed by atoms with Gasteiger partial charge in [-0.05, 0) is 43.9 Å². The number of esters is 1. The van der Waals surface area contributed by atoms with Gasteiger partial charge in [0.1, 0.15) is 0 Å². The lowest BCUT2D eigenvalue weighted by Gasteiger charge is -2.33. The zero-order valence-corrected chi connectivity index (χ0v) is 16.1. The summed E-state index contributed by atoms with van der Waals surface area (Å²) < 4.78 is 5.11. The van der Waals surface area contributed by atoms with E-state index in [9.17, 15) is 14.4 Å². The van der Waals surface area contributed by atoms with Gasteiger partial charge in [0.15, 0.2) is 0 Å². The highest BCUT2D eigenvalue weighted by atomic mass is 16.5. The number of aryl methyl sites for hydroxylation is 1. The largest absolute Gasteiger partial charge is 0.466 e. The lowest BCUT2D eigenvalue weighted by molar-refractivity contribution is -0.152. The molecule has 0 bridgehead atoms. The second-order valence-corrected chi connectivity index (χ2v) is 7.30. The number of hydrogen-bond donors (Lipinski definition) is 0. The highest BCUT2D eigenvalue weighted by Crippen LogP contribution is 2.28. The third kappa shape index (κ3) is 4.31. The lowest BCUT2D eigenvalue weighted by atomic mass is 9.96. The van der Waals surface area contributed by atoms with Crippen LogP contribution >= 0.6 is 0 Å². The number of likely N-dealkylation sites (tertiary alicyclic amines) is 1. The minimum Gasteiger partial charge on any atom is -0.466 e. The van der Waals surface area contributed by atoms with Crippen LogP contribution < -0.4 is 4.90 Å². The molecule has 1 aromatic carbocycles. The molecule has 1 aromatic rings. The van der Waals surface area contributed by atoms with Crippen molar-refractivity contribution in [3.05, 3.63) is 29.8 Å². The highest BCUT2D eigenvalue weighted by Gasteiger charge is 2.39. The van der Waals surface area contributed by atoms with E-state index in [0.717, 1.165) is 24.9 Å². The van der Waals surface area contributed by atoms with Crippen molar-refractivity contribution in [2.24, 2.45) is 11.8 Å². The van der Waals surface area contributed by atoms with Crippen molar-refractivity contribution >= 4 is 23.5 Å². The standard InChI is InChI=1S/C21H28N2O4/c1-3-15-7-9-18(10-8-15)23-14-17(12-19(23)24)20(25)22-11-5-6-16(13-22)21(26)27-4-2/h7-10,16-17H,3-6,11-14H2,1-2H3/t16-,17-/m0/s1. The van der Waals surface area contributed by atoms with Crippen molar-refractivity contribution in [3.8, 4) is 0 Å². The zero-order valence-electron chi connectivity index (χ0n) is 16.1. The minimum absolute atomic E-state index is 0.0171. The van der Waals surface area contributed by atoms with Gasteiger partial charge in [-0.25, -0.2) is 0 Å². The number of carbonyl (C=O) groups is 3.